The Morgan fingerprint density at radius 2 is 2.00 bits per heavy atom. The summed E-state index contributed by atoms with van der Waals surface area (Å²) < 4.78 is 0. The van der Waals surface area contributed by atoms with E-state index in [4.69, 9.17) is 11.0 Å². The van der Waals surface area contributed by atoms with E-state index in [0.717, 1.165) is 5.56 Å². The van der Waals surface area contributed by atoms with Crippen molar-refractivity contribution in [2.45, 2.75) is 13.3 Å². The van der Waals surface area contributed by atoms with E-state index in [2.05, 4.69) is 0 Å². The van der Waals surface area contributed by atoms with E-state index >= 15 is 0 Å². The summed E-state index contributed by atoms with van der Waals surface area (Å²) in [6.45, 7) is 1.75. The van der Waals surface area contributed by atoms with Gasteiger partial charge in [0.2, 0.25) is 0 Å². The highest BCUT2D eigenvalue weighted by atomic mass is 16.1. The highest BCUT2D eigenvalue weighted by Gasteiger charge is 2.08. The minimum atomic E-state index is -0.661. The summed E-state index contributed by atoms with van der Waals surface area (Å²) >= 11 is 0. The van der Waals surface area contributed by atoms with Gasteiger partial charge in [-0.1, -0.05) is 30.3 Å². The second kappa shape index (κ2) is 4.97. The average Bonchev–Trinajstić information content (AvgIpc) is 2.19. The third-order valence-corrected chi connectivity index (χ3v) is 2.10. The molecule has 0 spiro atoms. The van der Waals surface area contributed by atoms with Crippen LogP contribution in [0.2, 0.25) is 0 Å². The van der Waals surface area contributed by atoms with Crippen molar-refractivity contribution in [3.63, 3.8) is 0 Å². The van der Waals surface area contributed by atoms with Crippen LogP contribution in [0.4, 0.5) is 0 Å². The molecule has 0 saturated carbocycles. The van der Waals surface area contributed by atoms with E-state index in [1.165, 1.54) is 0 Å². The Balaban J connectivity index is 2.92. The quantitative estimate of drug-likeness (QED) is 0.594. The normalized spacial score (nSPS) is 11.5. The lowest BCUT2D eigenvalue weighted by Crippen LogP contribution is -2.14. The molecule has 1 amide bonds. The van der Waals surface area contributed by atoms with Gasteiger partial charge in [0, 0.05) is 0 Å². The van der Waals surface area contributed by atoms with Gasteiger partial charge in [0.1, 0.15) is 11.6 Å². The Morgan fingerprint density at radius 3 is 2.47 bits per heavy atom. The molecule has 2 N–H and O–H groups in total. The molecular formula is C12H12N2O. The van der Waals surface area contributed by atoms with Crippen molar-refractivity contribution in [1.82, 2.24) is 0 Å². The highest BCUT2D eigenvalue weighted by molar-refractivity contribution is 5.96. The van der Waals surface area contributed by atoms with E-state index in [1.54, 1.807) is 6.92 Å². The maximum atomic E-state index is 10.9. The number of hydrogen-bond donors (Lipinski definition) is 1. The molecule has 0 fully saturated rings. The van der Waals surface area contributed by atoms with Gasteiger partial charge in [-0.15, -0.1) is 0 Å². The van der Waals surface area contributed by atoms with E-state index in [9.17, 15) is 4.79 Å². The number of allylic oxidation sites excluding steroid dienone is 1. The molecule has 1 aromatic carbocycles. The number of hydrogen-bond acceptors (Lipinski definition) is 2. The van der Waals surface area contributed by atoms with Crippen LogP contribution >= 0.6 is 0 Å². The van der Waals surface area contributed by atoms with Crippen LogP contribution in [0.15, 0.2) is 41.5 Å². The van der Waals surface area contributed by atoms with E-state index in [1.807, 2.05) is 36.4 Å². The van der Waals surface area contributed by atoms with Crippen LogP contribution in [0.1, 0.15) is 12.5 Å². The van der Waals surface area contributed by atoms with Gasteiger partial charge >= 0.3 is 0 Å². The van der Waals surface area contributed by atoms with Crippen molar-refractivity contribution in [2.24, 2.45) is 5.73 Å². The first-order valence-electron chi connectivity index (χ1n) is 4.58. The minimum Gasteiger partial charge on any atom is -0.365 e. The molecule has 0 atom stereocenters. The molecule has 0 radical (unpaired) electrons. The second-order valence-corrected chi connectivity index (χ2v) is 3.29. The average molecular weight is 200 g/mol. The molecule has 0 aliphatic rings. The zero-order chi connectivity index (χ0) is 11.3. The van der Waals surface area contributed by atoms with Gasteiger partial charge in [0.05, 0.1) is 0 Å². The fraction of sp³-hybridized carbons (Fsp3) is 0.167. The molecule has 0 aliphatic carbocycles. The molecule has 0 unspecified atom stereocenters. The van der Waals surface area contributed by atoms with Gasteiger partial charge in [-0.3, -0.25) is 4.79 Å². The zero-order valence-corrected chi connectivity index (χ0v) is 8.53. The van der Waals surface area contributed by atoms with Crippen LogP contribution < -0.4 is 5.73 Å². The van der Waals surface area contributed by atoms with Crippen LogP contribution in [-0.2, 0) is 11.2 Å². The molecule has 1 aromatic rings. The smallest absolute Gasteiger partial charge is 0.259 e. The van der Waals surface area contributed by atoms with Crippen molar-refractivity contribution in [3.8, 4) is 6.07 Å². The minimum absolute atomic E-state index is 0.0545. The predicted octanol–water partition coefficient (Wildman–Crippen LogP) is 1.55. The molecule has 1 rings (SSSR count). The third kappa shape index (κ3) is 2.96. The van der Waals surface area contributed by atoms with Crippen LogP contribution in [-0.4, -0.2) is 5.91 Å². The van der Waals surface area contributed by atoms with Crippen LogP contribution in [0.3, 0.4) is 0 Å². The van der Waals surface area contributed by atoms with E-state index in [0.29, 0.717) is 12.0 Å². The predicted molar refractivity (Wildman–Crippen MR) is 57.7 cm³/mol. The summed E-state index contributed by atoms with van der Waals surface area (Å²) in [5.74, 6) is -0.661. The number of nitrogens with two attached hydrogens (primary N) is 1. The summed E-state index contributed by atoms with van der Waals surface area (Å²) in [5, 5.41) is 8.74. The molecule has 0 aromatic heterocycles. The van der Waals surface area contributed by atoms with Crippen LogP contribution in [0.5, 0.6) is 0 Å². The monoisotopic (exact) mass is 200 g/mol. The Morgan fingerprint density at radius 1 is 1.40 bits per heavy atom. The fourth-order valence-electron chi connectivity index (χ4n) is 1.35. The molecule has 76 valence electrons. The summed E-state index contributed by atoms with van der Waals surface area (Å²) in [4.78, 5) is 10.9. The lowest BCUT2D eigenvalue weighted by atomic mass is 10.0. The van der Waals surface area contributed by atoms with Crippen molar-refractivity contribution >= 4 is 5.91 Å². The summed E-state index contributed by atoms with van der Waals surface area (Å²) in [6, 6.07) is 11.5. The molecule has 15 heavy (non-hydrogen) atoms. The van der Waals surface area contributed by atoms with Gasteiger partial charge in [-0.25, -0.2) is 0 Å². The molecule has 3 nitrogen and oxygen atoms in total. The Hall–Kier alpha value is -2.08. The van der Waals surface area contributed by atoms with Crippen LogP contribution in [0, 0.1) is 11.3 Å². The molecule has 3 heteroatoms. The topological polar surface area (TPSA) is 66.9 Å². The Labute approximate surface area is 88.8 Å². The number of primary amides is 1. The van der Waals surface area contributed by atoms with Crippen molar-refractivity contribution in [1.29, 1.82) is 5.26 Å². The lowest BCUT2D eigenvalue weighted by Gasteiger charge is -2.02. The van der Waals surface area contributed by atoms with Crippen molar-refractivity contribution in [3.05, 3.63) is 47.0 Å². The molecule has 0 heterocycles. The Bertz CT molecular complexity index is 427. The van der Waals surface area contributed by atoms with E-state index < -0.39 is 5.91 Å². The number of carbonyl (C=O) groups is 1. The van der Waals surface area contributed by atoms with Gasteiger partial charge in [-0.2, -0.15) is 5.26 Å². The van der Waals surface area contributed by atoms with Gasteiger partial charge in [0.15, 0.2) is 0 Å². The maximum Gasteiger partial charge on any atom is 0.259 e. The first-order chi connectivity index (χ1) is 7.15. The van der Waals surface area contributed by atoms with Gasteiger partial charge in [0.25, 0.3) is 5.91 Å². The fourth-order valence-corrected chi connectivity index (χ4v) is 1.35. The first-order valence-corrected chi connectivity index (χ1v) is 4.58. The number of carbonyl (C=O) groups excluding carboxylic acids is 1. The standard InChI is InChI=1S/C12H12N2O/c1-9(11(8-13)12(14)15)7-10-5-3-2-4-6-10/h2-6H,7H2,1H3,(H2,14,15)/b11-9-. The number of nitrogens with zero attached hydrogens (tertiary/aromatic N) is 1. The number of amides is 1. The lowest BCUT2D eigenvalue weighted by molar-refractivity contribution is -0.114. The molecule has 0 saturated heterocycles. The van der Waals surface area contributed by atoms with Crippen molar-refractivity contribution < 1.29 is 4.79 Å². The zero-order valence-electron chi connectivity index (χ0n) is 8.53. The SMILES string of the molecule is C/C(Cc1ccccc1)=C(\C#N)C(N)=O. The van der Waals surface area contributed by atoms with Gasteiger partial charge in [-0.05, 0) is 24.5 Å². The number of nitriles is 1. The summed E-state index contributed by atoms with van der Waals surface area (Å²) in [5.41, 5.74) is 6.90. The summed E-state index contributed by atoms with van der Waals surface area (Å²) in [6.07, 6.45) is 0.576. The molecule has 0 bridgehead atoms. The van der Waals surface area contributed by atoms with Crippen LogP contribution in [0.25, 0.3) is 0 Å². The number of rotatable bonds is 3. The Kier molecular flexibility index (Phi) is 3.64. The maximum absolute atomic E-state index is 10.9. The molecular weight excluding hydrogens is 188 g/mol. The number of benzene rings is 1. The second-order valence-electron chi connectivity index (χ2n) is 3.29. The first kappa shape index (κ1) is 11.0. The highest BCUT2D eigenvalue weighted by Crippen LogP contribution is 2.11. The molecule has 0 aliphatic heterocycles. The summed E-state index contributed by atoms with van der Waals surface area (Å²) in [7, 11) is 0. The van der Waals surface area contributed by atoms with Gasteiger partial charge < -0.3 is 5.73 Å². The largest absolute Gasteiger partial charge is 0.365 e. The van der Waals surface area contributed by atoms with Crippen molar-refractivity contribution in [2.75, 3.05) is 0 Å². The third-order valence-electron chi connectivity index (χ3n) is 2.10. The van der Waals surface area contributed by atoms with E-state index in [-0.39, 0.29) is 5.57 Å².